The fourth-order valence-corrected chi connectivity index (χ4v) is 5.07. The summed E-state index contributed by atoms with van der Waals surface area (Å²) in [4.78, 5) is 12.6. The van der Waals surface area contributed by atoms with Gasteiger partial charge in [-0.1, -0.05) is 31.4 Å². The van der Waals surface area contributed by atoms with Gasteiger partial charge in [0.1, 0.15) is 6.33 Å². The molecule has 1 amide bonds. The third-order valence-electron chi connectivity index (χ3n) is 6.32. The van der Waals surface area contributed by atoms with Crippen LogP contribution in [0.4, 0.5) is 0 Å². The highest BCUT2D eigenvalue weighted by atomic mass is 16.1. The number of aromatic nitrogens is 4. The molecule has 0 aliphatic heterocycles. The fourth-order valence-electron chi connectivity index (χ4n) is 5.07. The Hall–Kier alpha value is -1.72. The summed E-state index contributed by atoms with van der Waals surface area (Å²) in [6.45, 7) is 1.59. The quantitative estimate of drug-likeness (QED) is 0.813. The number of carbonyl (C=O) groups excluding carboxylic acids is 1. The summed E-state index contributed by atoms with van der Waals surface area (Å²) in [7, 11) is 0. The van der Waals surface area contributed by atoms with Gasteiger partial charge < -0.3 is 5.32 Å². The van der Waals surface area contributed by atoms with Crippen LogP contribution >= 0.6 is 0 Å². The lowest BCUT2D eigenvalue weighted by atomic mass is 9.71. The van der Waals surface area contributed by atoms with Gasteiger partial charge in [0.2, 0.25) is 5.91 Å². The molecule has 2 fully saturated rings. The van der Waals surface area contributed by atoms with E-state index >= 15 is 0 Å². The van der Waals surface area contributed by atoms with Gasteiger partial charge in [-0.05, 0) is 59.3 Å². The van der Waals surface area contributed by atoms with Gasteiger partial charge in [0.05, 0.1) is 6.54 Å². The molecule has 0 aromatic carbocycles. The predicted octanol–water partition coefficient (Wildman–Crippen LogP) is 2.34. The van der Waals surface area contributed by atoms with Crippen molar-refractivity contribution in [2.45, 2.75) is 57.9 Å². The molecular formula is C18H27N5O. The molecule has 3 atom stereocenters. The van der Waals surface area contributed by atoms with Gasteiger partial charge >= 0.3 is 0 Å². The lowest BCUT2D eigenvalue weighted by Crippen LogP contribution is -2.38. The highest BCUT2D eigenvalue weighted by molar-refractivity contribution is 5.76. The number of nitrogens with one attached hydrogen (secondary N) is 1. The van der Waals surface area contributed by atoms with Gasteiger partial charge in [-0.3, -0.25) is 4.79 Å². The van der Waals surface area contributed by atoms with Crippen molar-refractivity contribution in [3.63, 3.8) is 0 Å². The number of tetrazole rings is 1. The maximum atomic E-state index is 12.6. The van der Waals surface area contributed by atoms with Crippen LogP contribution in [-0.2, 0) is 11.3 Å². The Balaban J connectivity index is 1.33. The first-order chi connectivity index (χ1) is 11.7. The second-order valence-electron chi connectivity index (χ2n) is 8.09. The van der Waals surface area contributed by atoms with Crippen molar-refractivity contribution in [3.8, 4) is 0 Å². The largest absolute Gasteiger partial charge is 0.356 e. The number of amides is 1. The molecule has 2 bridgehead atoms. The first-order valence-electron chi connectivity index (χ1n) is 9.38. The number of allylic oxidation sites excluding steroid dienone is 2. The average Bonchev–Trinajstić information content (AvgIpc) is 3.31. The summed E-state index contributed by atoms with van der Waals surface area (Å²) in [5.74, 6) is 2.31. The van der Waals surface area contributed by atoms with Crippen LogP contribution in [0.3, 0.4) is 0 Å². The zero-order valence-corrected chi connectivity index (χ0v) is 14.2. The van der Waals surface area contributed by atoms with Crippen molar-refractivity contribution in [3.05, 3.63) is 18.5 Å². The van der Waals surface area contributed by atoms with Crippen molar-refractivity contribution < 1.29 is 4.79 Å². The summed E-state index contributed by atoms with van der Waals surface area (Å²) in [6.07, 6.45) is 15.4. The summed E-state index contributed by atoms with van der Waals surface area (Å²) in [5.41, 5.74) is 0.0201. The van der Waals surface area contributed by atoms with Crippen LogP contribution in [0, 0.1) is 23.2 Å². The Morgan fingerprint density at radius 2 is 2.08 bits per heavy atom. The van der Waals surface area contributed by atoms with E-state index in [1.54, 1.807) is 11.0 Å². The number of fused-ring (bicyclic) bond motifs is 2. The van der Waals surface area contributed by atoms with E-state index in [1.807, 2.05) is 0 Å². The van der Waals surface area contributed by atoms with Crippen molar-refractivity contribution in [1.29, 1.82) is 0 Å². The Morgan fingerprint density at radius 3 is 2.75 bits per heavy atom. The molecule has 2 saturated carbocycles. The maximum Gasteiger partial charge on any atom is 0.220 e. The Kier molecular flexibility index (Phi) is 4.37. The Bertz CT molecular complexity index is 591. The third kappa shape index (κ3) is 3.37. The molecule has 6 heteroatoms. The number of carbonyl (C=O) groups is 1. The van der Waals surface area contributed by atoms with Crippen molar-refractivity contribution in [1.82, 2.24) is 25.5 Å². The van der Waals surface area contributed by atoms with E-state index in [4.69, 9.17) is 0 Å². The van der Waals surface area contributed by atoms with E-state index in [0.717, 1.165) is 31.8 Å². The van der Waals surface area contributed by atoms with Gasteiger partial charge in [0.25, 0.3) is 0 Å². The van der Waals surface area contributed by atoms with Crippen LogP contribution in [0.15, 0.2) is 18.5 Å². The van der Waals surface area contributed by atoms with E-state index in [2.05, 4.69) is 33.0 Å². The molecule has 3 aliphatic rings. The smallest absolute Gasteiger partial charge is 0.220 e. The van der Waals surface area contributed by atoms with Gasteiger partial charge in [0.15, 0.2) is 0 Å². The first kappa shape index (κ1) is 15.8. The monoisotopic (exact) mass is 329 g/mol. The lowest BCUT2D eigenvalue weighted by Gasteiger charge is -2.36. The van der Waals surface area contributed by atoms with Gasteiger partial charge in [-0.15, -0.1) is 5.10 Å². The molecule has 0 unspecified atom stereocenters. The molecule has 1 heterocycles. The molecule has 6 nitrogen and oxygen atoms in total. The van der Waals surface area contributed by atoms with Crippen LogP contribution in [0.1, 0.15) is 51.4 Å². The van der Waals surface area contributed by atoms with E-state index in [9.17, 15) is 4.79 Å². The van der Waals surface area contributed by atoms with Gasteiger partial charge in [-0.25, -0.2) is 4.68 Å². The molecule has 0 radical (unpaired) electrons. The lowest BCUT2D eigenvalue weighted by molar-refractivity contribution is -0.124. The van der Waals surface area contributed by atoms with Crippen LogP contribution in [0.25, 0.3) is 0 Å². The molecule has 1 aromatic heterocycles. The molecule has 0 spiro atoms. The molecule has 0 saturated heterocycles. The Morgan fingerprint density at radius 1 is 1.21 bits per heavy atom. The number of rotatable bonds is 6. The third-order valence-corrected chi connectivity index (χ3v) is 6.32. The standard InChI is InChI=1S/C18H27N5O/c24-17(19-11-16-9-14-4-5-15(16)8-14)10-18(6-2-1-3-7-18)12-23-13-20-21-22-23/h4-5,13-16H,1-3,6-12H2,(H,19,24)/t14-,15-,16+/m0/s1. The van der Waals surface area contributed by atoms with E-state index in [-0.39, 0.29) is 11.3 Å². The van der Waals surface area contributed by atoms with Crippen LogP contribution < -0.4 is 5.32 Å². The van der Waals surface area contributed by atoms with Crippen molar-refractivity contribution in [2.75, 3.05) is 6.54 Å². The van der Waals surface area contributed by atoms with Crippen molar-refractivity contribution in [2.24, 2.45) is 23.2 Å². The average molecular weight is 329 g/mol. The van der Waals surface area contributed by atoms with Crippen LogP contribution in [0.2, 0.25) is 0 Å². The summed E-state index contributed by atoms with van der Waals surface area (Å²) < 4.78 is 1.79. The van der Waals surface area contributed by atoms with Crippen LogP contribution in [0.5, 0.6) is 0 Å². The topological polar surface area (TPSA) is 72.7 Å². The number of nitrogens with zero attached hydrogens (tertiary/aromatic N) is 4. The highest BCUT2D eigenvalue weighted by Gasteiger charge is 2.37. The molecule has 4 rings (SSSR count). The molecule has 130 valence electrons. The zero-order chi connectivity index (χ0) is 16.4. The number of hydrogen-bond donors (Lipinski definition) is 1. The van der Waals surface area contributed by atoms with E-state index in [0.29, 0.717) is 18.3 Å². The minimum Gasteiger partial charge on any atom is -0.356 e. The molecule has 24 heavy (non-hydrogen) atoms. The minimum absolute atomic E-state index is 0.0201. The van der Waals surface area contributed by atoms with E-state index < -0.39 is 0 Å². The molecular weight excluding hydrogens is 302 g/mol. The zero-order valence-electron chi connectivity index (χ0n) is 14.2. The Labute approximate surface area is 143 Å². The van der Waals surface area contributed by atoms with Gasteiger partial charge in [-0.2, -0.15) is 0 Å². The summed E-state index contributed by atoms with van der Waals surface area (Å²) in [5, 5.41) is 14.7. The molecule has 1 N–H and O–H groups in total. The second-order valence-corrected chi connectivity index (χ2v) is 8.09. The SMILES string of the molecule is O=C(CC1(Cn2cnnn2)CCCCC1)NC[C@H]1C[C@H]2C=C[C@H]1C2. The summed E-state index contributed by atoms with van der Waals surface area (Å²) in [6, 6.07) is 0. The minimum atomic E-state index is 0.0201. The predicted molar refractivity (Wildman–Crippen MR) is 89.8 cm³/mol. The first-order valence-corrected chi connectivity index (χ1v) is 9.38. The van der Waals surface area contributed by atoms with Gasteiger partial charge in [0, 0.05) is 13.0 Å². The van der Waals surface area contributed by atoms with Crippen LogP contribution in [-0.4, -0.2) is 32.7 Å². The molecule has 3 aliphatic carbocycles. The fraction of sp³-hybridized carbons (Fsp3) is 0.778. The summed E-state index contributed by atoms with van der Waals surface area (Å²) >= 11 is 0. The van der Waals surface area contributed by atoms with E-state index in [1.165, 1.54) is 32.1 Å². The number of hydrogen-bond acceptors (Lipinski definition) is 4. The highest BCUT2D eigenvalue weighted by Crippen LogP contribution is 2.43. The molecule has 1 aromatic rings. The normalized spacial score (nSPS) is 30.6. The maximum absolute atomic E-state index is 12.6. The van der Waals surface area contributed by atoms with Crippen molar-refractivity contribution >= 4 is 5.91 Å². The second kappa shape index (κ2) is 6.65.